The van der Waals surface area contributed by atoms with Crippen LogP contribution >= 0.6 is 0 Å². The van der Waals surface area contributed by atoms with E-state index in [1.54, 1.807) is 0 Å². The summed E-state index contributed by atoms with van der Waals surface area (Å²) in [6.45, 7) is 4.67. The SMILES string of the molecule is CC1(C)c2ccccc2-c2cc(-c3ccc(N(c4ccc(-c5ccc6c(c5)oc5ccccc56)cc4)c4cccc(-c5cccc6c5ccc5ccccc56)c4)cc3)ccc21. The largest absolute Gasteiger partial charge is 0.456 e. The molecule has 288 valence electrons. The highest BCUT2D eigenvalue weighted by Gasteiger charge is 2.35. The first-order chi connectivity index (χ1) is 30.0. The zero-order chi connectivity index (χ0) is 40.7. The molecule has 0 radical (unpaired) electrons. The first-order valence-electron chi connectivity index (χ1n) is 21.2. The van der Waals surface area contributed by atoms with E-state index in [1.807, 2.05) is 12.1 Å². The van der Waals surface area contributed by atoms with Crippen molar-refractivity contribution < 1.29 is 4.42 Å². The predicted molar refractivity (Wildman–Crippen MR) is 257 cm³/mol. The third kappa shape index (κ3) is 5.71. The Kier molecular flexibility index (Phi) is 7.92. The second-order valence-electron chi connectivity index (χ2n) is 16.9. The number of hydrogen-bond acceptors (Lipinski definition) is 2. The average Bonchev–Trinajstić information content (AvgIpc) is 3.80. The van der Waals surface area contributed by atoms with Crippen LogP contribution in [0.4, 0.5) is 17.1 Å². The minimum Gasteiger partial charge on any atom is -0.456 e. The van der Waals surface area contributed by atoms with Gasteiger partial charge in [-0.15, -0.1) is 0 Å². The molecule has 1 aliphatic rings. The summed E-state index contributed by atoms with van der Waals surface area (Å²) in [5, 5.41) is 7.33. The maximum absolute atomic E-state index is 6.27. The number of furan rings is 1. The molecule has 0 fully saturated rings. The molecule has 10 aromatic carbocycles. The number of para-hydroxylation sites is 1. The van der Waals surface area contributed by atoms with E-state index >= 15 is 0 Å². The summed E-state index contributed by atoms with van der Waals surface area (Å²) in [5.41, 5.74) is 17.6. The van der Waals surface area contributed by atoms with Gasteiger partial charge in [0, 0.05) is 33.2 Å². The van der Waals surface area contributed by atoms with Gasteiger partial charge in [0.2, 0.25) is 0 Å². The second-order valence-corrected chi connectivity index (χ2v) is 16.9. The van der Waals surface area contributed by atoms with Gasteiger partial charge >= 0.3 is 0 Å². The van der Waals surface area contributed by atoms with Gasteiger partial charge in [-0.3, -0.25) is 0 Å². The van der Waals surface area contributed by atoms with Crippen molar-refractivity contribution in [1.29, 1.82) is 0 Å². The van der Waals surface area contributed by atoms with E-state index in [4.69, 9.17) is 4.42 Å². The Hall–Kier alpha value is -7.68. The minimum atomic E-state index is -0.0150. The van der Waals surface area contributed by atoms with Crippen molar-refractivity contribution in [2.24, 2.45) is 0 Å². The summed E-state index contributed by atoms with van der Waals surface area (Å²) in [7, 11) is 0. The third-order valence-electron chi connectivity index (χ3n) is 13.1. The molecule has 2 heteroatoms. The van der Waals surface area contributed by atoms with Gasteiger partial charge in [0.05, 0.1) is 0 Å². The van der Waals surface area contributed by atoms with Crippen LogP contribution < -0.4 is 4.90 Å². The maximum Gasteiger partial charge on any atom is 0.136 e. The lowest BCUT2D eigenvalue weighted by atomic mass is 9.82. The molecule has 1 aliphatic carbocycles. The van der Waals surface area contributed by atoms with Gasteiger partial charge in [-0.1, -0.05) is 166 Å². The standard InChI is InChI=1S/C59H41NO/c1-59(2)55-19-7-5-15-51(55)54-36-41(27-34-56(54)59)38-21-28-44(29-22-38)60(45-30-23-39(24-31-45)42-26-33-53-52-16-6-8-20-57(52)61-58(53)37-42)46-13-9-12-43(35-46)48-17-10-18-49-47-14-4-3-11-40(47)25-32-50(48)49/h3-37H,1-2H3. The molecule has 2 nitrogen and oxygen atoms in total. The van der Waals surface area contributed by atoms with Crippen LogP contribution in [-0.2, 0) is 5.41 Å². The Bertz CT molecular complexity index is 3500. The molecule has 0 N–H and O–H groups in total. The Morgan fingerprint density at radius 1 is 0.328 bits per heavy atom. The molecule has 0 spiro atoms. The first-order valence-corrected chi connectivity index (χ1v) is 21.2. The predicted octanol–water partition coefficient (Wildman–Crippen LogP) is 16.7. The fourth-order valence-electron chi connectivity index (χ4n) is 9.96. The van der Waals surface area contributed by atoms with Crippen LogP contribution in [0.1, 0.15) is 25.0 Å². The van der Waals surface area contributed by atoms with E-state index in [-0.39, 0.29) is 5.41 Å². The van der Waals surface area contributed by atoms with Crippen molar-refractivity contribution in [2.75, 3.05) is 4.90 Å². The number of anilines is 3. The van der Waals surface area contributed by atoms with Gasteiger partial charge in [-0.2, -0.15) is 0 Å². The fourth-order valence-corrected chi connectivity index (χ4v) is 9.96. The minimum absolute atomic E-state index is 0.0150. The van der Waals surface area contributed by atoms with Crippen LogP contribution in [0.15, 0.2) is 217 Å². The molecule has 12 rings (SSSR count). The summed E-state index contributed by atoms with van der Waals surface area (Å²) < 4.78 is 6.27. The first kappa shape index (κ1) is 35.3. The molecule has 1 heterocycles. The molecule has 0 saturated heterocycles. The van der Waals surface area contributed by atoms with E-state index in [9.17, 15) is 0 Å². The van der Waals surface area contributed by atoms with E-state index in [2.05, 4.69) is 219 Å². The highest BCUT2D eigenvalue weighted by Crippen LogP contribution is 2.50. The summed E-state index contributed by atoms with van der Waals surface area (Å²) >= 11 is 0. The van der Waals surface area contributed by atoms with Crippen LogP contribution in [0.2, 0.25) is 0 Å². The van der Waals surface area contributed by atoms with Gasteiger partial charge in [0.25, 0.3) is 0 Å². The molecule has 0 amide bonds. The van der Waals surface area contributed by atoms with Crippen LogP contribution in [0.3, 0.4) is 0 Å². The van der Waals surface area contributed by atoms with Crippen molar-refractivity contribution in [3.8, 4) is 44.5 Å². The van der Waals surface area contributed by atoms with E-state index in [0.717, 1.165) is 50.1 Å². The smallest absolute Gasteiger partial charge is 0.136 e. The van der Waals surface area contributed by atoms with Crippen molar-refractivity contribution in [1.82, 2.24) is 0 Å². The van der Waals surface area contributed by atoms with Crippen LogP contribution in [0.25, 0.3) is 88.0 Å². The fraction of sp³-hybridized carbons (Fsp3) is 0.0508. The van der Waals surface area contributed by atoms with Gasteiger partial charge in [-0.05, 0) is 138 Å². The molecule has 0 saturated carbocycles. The highest BCUT2D eigenvalue weighted by molar-refractivity contribution is 6.12. The van der Waals surface area contributed by atoms with Gasteiger partial charge in [-0.25, -0.2) is 0 Å². The molecule has 0 aliphatic heterocycles. The molecular formula is C59H41NO. The summed E-state index contributed by atoms with van der Waals surface area (Å²) in [6.07, 6.45) is 0. The van der Waals surface area contributed by atoms with E-state index < -0.39 is 0 Å². The van der Waals surface area contributed by atoms with Crippen LogP contribution in [-0.4, -0.2) is 0 Å². The molecule has 11 aromatic rings. The van der Waals surface area contributed by atoms with Crippen LogP contribution in [0, 0.1) is 0 Å². The van der Waals surface area contributed by atoms with Crippen LogP contribution in [0.5, 0.6) is 0 Å². The lowest BCUT2D eigenvalue weighted by molar-refractivity contribution is 0.660. The average molecular weight is 780 g/mol. The number of rotatable bonds is 6. The third-order valence-corrected chi connectivity index (χ3v) is 13.1. The Balaban J connectivity index is 0.952. The number of benzene rings is 10. The van der Waals surface area contributed by atoms with Gasteiger partial charge in [0.15, 0.2) is 0 Å². The van der Waals surface area contributed by atoms with Crippen molar-refractivity contribution in [3.05, 3.63) is 223 Å². The lowest BCUT2D eigenvalue weighted by Crippen LogP contribution is -2.14. The lowest BCUT2D eigenvalue weighted by Gasteiger charge is -2.26. The Morgan fingerprint density at radius 2 is 0.918 bits per heavy atom. The van der Waals surface area contributed by atoms with Gasteiger partial charge in [0.1, 0.15) is 11.2 Å². The zero-order valence-corrected chi connectivity index (χ0v) is 34.1. The Morgan fingerprint density at radius 3 is 1.74 bits per heavy atom. The quantitative estimate of drug-likeness (QED) is 0.156. The zero-order valence-electron chi connectivity index (χ0n) is 34.1. The number of hydrogen-bond donors (Lipinski definition) is 0. The number of nitrogens with zero attached hydrogens (tertiary/aromatic N) is 1. The van der Waals surface area contributed by atoms with Crippen molar-refractivity contribution in [3.63, 3.8) is 0 Å². The maximum atomic E-state index is 6.27. The highest BCUT2D eigenvalue weighted by atomic mass is 16.3. The monoisotopic (exact) mass is 779 g/mol. The molecule has 1 aromatic heterocycles. The molecule has 0 bridgehead atoms. The summed E-state index contributed by atoms with van der Waals surface area (Å²) in [4.78, 5) is 2.38. The van der Waals surface area contributed by atoms with E-state index in [1.165, 1.54) is 66.1 Å². The molecule has 0 unspecified atom stereocenters. The summed E-state index contributed by atoms with van der Waals surface area (Å²) in [6, 6.07) is 77.5. The van der Waals surface area contributed by atoms with Crippen molar-refractivity contribution in [2.45, 2.75) is 19.3 Å². The molecule has 61 heavy (non-hydrogen) atoms. The van der Waals surface area contributed by atoms with E-state index in [0.29, 0.717) is 0 Å². The number of fused-ring (bicyclic) bond motifs is 9. The topological polar surface area (TPSA) is 16.4 Å². The molecule has 0 atom stereocenters. The second kappa shape index (κ2) is 13.7. The molecular weight excluding hydrogens is 739 g/mol. The van der Waals surface area contributed by atoms with Gasteiger partial charge < -0.3 is 9.32 Å². The Labute approximate surface area is 355 Å². The van der Waals surface area contributed by atoms with Crippen molar-refractivity contribution >= 4 is 60.5 Å². The summed E-state index contributed by atoms with van der Waals surface area (Å²) in [5.74, 6) is 0. The normalized spacial score (nSPS) is 12.9.